The van der Waals surface area contributed by atoms with Crippen LogP contribution in [-0.2, 0) is 6.42 Å². The van der Waals surface area contributed by atoms with E-state index in [1.165, 1.54) is 6.20 Å². The van der Waals surface area contributed by atoms with Crippen molar-refractivity contribution >= 4 is 22.6 Å². The third-order valence-corrected chi connectivity index (χ3v) is 4.64. The summed E-state index contributed by atoms with van der Waals surface area (Å²) in [5.74, 6) is -2.18. The molecule has 5 N–H and O–H groups in total. The van der Waals surface area contributed by atoms with Gasteiger partial charge in [0, 0.05) is 28.3 Å². The fourth-order valence-electron chi connectivity index (χ4n) is 3.14. The zero-order valence-corrected chi connectivity index (χ0v) is 14.1. The number of hydrogen-bond donors (Lipinski definition) is 3. The SMILES string of the molecule is CCc1c(F)[nH]c2ncc(-c3c(C)c(C)c(N)c(C(N)=O)c3F)cc12. The highest BCUT2D eigenvalue weighted by atomic mass is 19.1. The summed E-state index contributed by atoms with van der Waals surface area (Å²) >= 11 is 0. The van der Waals surface area contributed by atoms with E-state index in [-0.39, 0.29) is 16.8 Å². The average molecular weight is 344 g/mol. The number of carbonyl (C=O) groups excluding carboxylic acids is 1. The summed E-state index contributed by atoms with van der Waals surface area (Å²) in [5.41, 5.74) is 13.5. The Morgan fingerprint density at radius 2 is 1.96 bits per heavy atom. The predicted octanol–water partition coefficient (Wildman–Crippen LogP) is 3.37. The number of amides is 1. The summed E-state index contributed by atoms with van der Waals surface area (Å²) in [6, 6.07) is 1.66. The van der Waals surface area contributed by atoms with Gasteiger partial charge in [0.2, 0.25) is 0 Å². The number of nitrogens with two attached hydrogens (primary N) is 2. The van der Waals surface area contributed by atoms with Crippen LogP contribution in [0.4, 0.5) is 14.5 Å². The maximum Gasteiger partial charge on any atom is 0.253 e. The van der Waals surface area contributed by atoms with Crippen molar-refractivity contribution in [2.24, 2.45) is 5.73 Å². The molecule has 0 fully saturated rings. The number of hydrogen-bond acceptors (Lipinski definition) is 3. The van der Waals surface area contributed by atoms with Gasteiger partial charge in [0.25, 0.3) is 5.91 Å². The summed E-state index contributed by atoms with van der Waals surface area (Å²) in [6.45, 7) is 5.22. The van der Waals surface area contributed by atoms with Gasteiger partial charge in [0.15, 0.2) is 5.95 Å². The molecule has 3 aromatic rings. The molecule has 0 aliphatic rings. The zero-order chi connectivity index (χ0) is 18.5. The average Bonchev–Trinajstić information content (AvgIpc) is 2.87. The van der Waals surface area contributed by atoms with Crippen molar-refractivity contribution in [3.05, 3.63) is 46.3 Å². The van der Waals surface area contributed by atoms with E-state index in [2.05, 4.69) is 9.97 Å². The van der Waals surface area contributed by atoms with Gasteiger partial charge in [0.05, 0.1) is 11.3 Å². The molecule has 0 bridgehead atoms. The van der Waals surface area contributed by atoms with Gasteiger partial charge < -0.3 is 16.5 Å². The molecule has 5 nitrogen and oxygen atoms in total. The molecular formula is C18H18F2N4O. The second-order valence-corrected chi connectivity index (χ2v) is 5.98. The molecule has 0 saturated heterocycles. The van der Waals surface area contributed by atoms with E-state index in [1.807, 2.05) is 6.92 Å². The number of benzene rings is 1. The second-order valence-electron chi connectivity index (χ2n) is 5.98. The molecule has 1 amide bonds. The predicted molar refractivity (Wildman–Crippen MR) is 93.2 cm³/mol. The summed E-state index contributed by atoms with van der Waals surface area (Å²) in [5, 5.41) is 0.575. The van der Waals surface area contributed by atoms with E-state index >= 15 is 4.39 Å². The highest BCUT2D eigenvalue weighted by Crippen LogP contribution is 2.36. The molecule has 2 heterocycles. The Bertz CT molecular complexity index is 1020. The quantitative estimate of drug-likeness (QED) is 0.635. The van der Waals surface area contributed by atoms with Crippen LogP contribution in [0.15, 0.2) is 12.3 Å². The van der Waals surface area contributed by atoms with Gasteiger partial charge >= 0.3 is 0 Å². The van der Waals surface area contributed by atoms with Crippen molar-refractivity contribution in [3.8, 4) is 11.1 Å². The molecule has 7 heteroatoms. The summed E-state index contributed by atoms with van der Waals surface area (Å²) < 4.78 is 28.9. The standard InChI is InChI=1S/C18H18F2N4O/c1-4-10-11-5-9(6-23-18(11)24-16(10)20)12-7(2)8(3)15(21)13(14(12)19)17(22)25/h5-6H,4,21H2,1-3H3,(H2,22,25)(H,23,24). The first kappa shape index (κ1) is 16.9. The monoisotopic (exact) mass is 344 g/mol. The van der Waals surface area contributed by atoms with Gasteiger partial charge in [-0.2, -0.15) is 4.39 Å². The number of carbonyl (C=O) groups is 1. The van der Waals surface area contributed by atoms with Crippen LogP contribution >= 0.6 is 0 Å². The van der Waals surface area contributed by atoms with Crippen molar-refractivity contribution in [1.29, 1.82) is 0 Å². The lowest BCUT2D eigenvalue weighted by atomic mass is 9.91. The van der Waals surface area contributed by atoms with Crippen LogP contribution in [0, 0.1) is 25.6 Å². The lowest BCUT2D eigenvalue weighted by Crippen LogP contribution is -2.18. The van der Waals surface area contributed by atoms with Crippen molar-refractivity contribution in [1.82, 2.24) is 9.97 Å². The smallest absolute Gasteiger partial charge is 0.253 e. The molecule has 3 rings (SSSR count). The number of primary amides is 1. The minimum absolute atomic E-state index is 0.0298. The van der Waals surface area contributed by atoms with E-state index in [9.17, 15) is 9.18 Å². The Balaban J connectivity index is 2.37. The van der Waals surface area contributed by atoms with E-state index in [0.717, 1.165) is 0 Å². The Hall–Kier alpha value is -2.96. The number of nitrogens with one attached hydrogen (secondary N) is 1. The van der Waals surface area contributed by atoms with Crippen molar-refractivity contribution in [3.63, 3.8) is 0 Å². The van der Waals surface area contributed by atoms with Gasteiger partial charge in [-0.1, -0.05) is 6.92 Å². The third kappa shape index (κ3) is 2.43. The van der Waals surface area contributed by atoms with Crippen molar-refractivity contribution < 1.29 is 13.6 Å². The van der Waals surface area contributed by atoms with Gasteiger partial charge in [-0.15, -0.1) is 0 Å². The molecule has 0 radical (unpaired) electrons. The van der Waals surface area contributed by atoms with Gasteiger partial charge in [0.1, 0.15) is 11.5 Å². The minimum atomic E-state index is -0.935. The minimum Gasteiger partial charge on any atom is -0.398 e. The Kier molecular flexibility index (Phi) is 3.94. The number of pyridine rings is 1. The Morgan fingerprint density at radius 3 is 2.56 bits per heavy atom. The third-order valence-electron chi connectivity index (χ3n) is 4.64. The number of halogens is 2. The normalized spacial score (nSPS) is 11.2. The summed E-state index contributed by atoms with van der Waals surface area (Å²) in [6.07, 6.45) is 1.90. The van der Waals surface area contributed by atoms with Crippen LogP contribution < -0.4 is 11.5 Å². The van der Waals surface area contributed by atoms with Gasteiger partial charge in [-0.25, -0.2) is 9.37 Å². The van der Waals surface area contributed by atoms with E-state index in [4.69, 9.17) is 11.5 Å². The number of fused-ring (bicyclic) bond motifs is 1. The first-order valence-electron chi connectivity index (χ1n) is 7.82. The molecule has 130 valence electrons. The van der Waals surface area contributed by atoms with E-state index in [1.54, 1.807) is 19.9 Å². The van der Waals surface area contributed by atoms with Crippen LogP contribution in [0.25, 0.3) is 22.2 Å². The molecule has 0 spiro atoms. The Morgan fingerprint density at radius 1 is 1.28 bits per heavy atom. The number of rotatable bonds is 3. The number of aryl methyl sites for hydroxylation is 1. The molecule has 0 aliphatic carbocycles. The van der Waals surface area contributed by atoms with Crippen LogP contribution in [0.3, 0.4) is 0 Å². The Labute approximate surface area is 143 Å². The molecule has 0 aliphatic heterocycles. The molecule has 0 atom stereocenters. The summed E-state index contributed by atoms with van der Waals surface area (Å²) in [4.78, 5) is 18.4. The topological polar surface area (TPSA) is 97.8 Å². The summed E-state index contributed by atoms with van der Waals surface area (Å²) in [7, 11) is 0. The van der Waals surface area contributed by atoms with Crippen molar-refractivity contribution in [2.45, 2.75) is 27.2 Å². The first-order chi connectivity index (χ1) is 11.8. The lowest BCUT2D eigenvalue weighted by molar-refractivity contribution is 0.0997. The largest absolute Gasteiger partial charge is 0.398 e. The fraction of sp³-hybridized carbons (Fsp3) is 0.222. The zero-order valence-electron chi connectivity index (χ0n) is 14.1. The second kappa shape index (κ2) is 5.84. The van der Waals surface area contributed by atoms with Crippen molar-refractivity contribution in [2.75, 3.05) is 5.73 Å². The maximum absolute atomic E-state index is 15.0. The lowest BCUT2D eigenvalue weighted by Gasteiger charge is -2.16. The highest BCUT2D eigenvalue weighted by molar-refractivity contribution is 6.01. The van der Waals surface area contributed by atoms with Gasteiger partial charge in [-0.05, 0) is 37.5 Å². The van der Waals surface area contributed by atoms with E-state index in [0.29, 0.717) is 39.7 Å². The molecule has 0 saturated carbocycles. The van der Waals surface area contributed by atoms with Crippen LogP contribution in [0.2, 0.25) is 0 Å². The number of H-pyrrole nitrogens is 1. The number of nitrogen functional groups attached to an aromatic ring is 1. The number of aromatic amines is 1. The van der Waals surface area contributed by atoms with Crippen LogP contribution in [0.1, 0.15) is 34.0 Å². The molecule has 0 unspecified atom stereocenters. The van der Waals surface area contributed by atoms with Crippen LogP contribution in [0.5, 0.6) is 0 Å². The number of nitrogens with zero attached hydrogens (tertiary/aromatic N) is 1. The fourth-order valence-corrected chi connectivity index (χ4v) is 3.14. The number of anilines is 1. The molecule has 1 aromatic carbocycles. The molecular weight excluding hydrogens is 326 g/mol. The molecule has 2 aromatic heterocycles. The number of aromatic nitrogens is 2. The first-order valence-corrected chi connectivity index (χ1v) is 7.82. The van der Waals surface area contributed by atoms with E-state index < -0.39 is 17.7 Å². The van der Waals surface area contributed by atoms with Gasteiger partial charge in [-0.3, -0.25) is 4.79 Å². The van der Waals surface area contributed by atoms with Crippen LogP contribution in [-0.4, -0.2) is 15.9 Å². The molecule has 25 heavy (non-hydrogen) atoms. The highest BCUT2D eigenvalue weighted by Gasteiger charge is 2.23. The maximum atomic E-state index is 15.0.